The molecular formula is C21H27N3O3. The smallest absolute Gasteiger partial charge is 0.251 e. The van der Waals surface area contributed by atoms with E-state index in [9.17, 15) is 9.59 Å². The molecule has 0 aliphatic heterocycles. The first kappa shape index (κ1) is 20.5. The number of ether oxygens (including phenoxy) is 1. The van der Waals surface area contributed by atoms with Gasteiger partial charge in [-0.25, -0.2) is 0 Å². The monoisotopic (exact) mass is 369 g/mol. The highest BCUT2D eigenvalue weighted by atomic mass is 16.5. The zero-order chi connectivity index (χ0) is 19.8. The van der Waals surface area contributed by atoms with Gasteiger partial charge in [-0.2, -0.15) is 0 Å². The fourth-order valence-corrected chi connectivity index (χ4v) is 2.91. The molecule has 2 aromatic carbocycles. The van der Waals surface area contributed by atoms with Crippen LogP contribution in [0.1, 0.15) is 27.0 Å². The lowest BCUT2D eigenvalue weighted by molar-refractivity contribution is -0.114. The lowest BCUT2D eigenvalue weighted by Gasteiger charge is -2.14. The second-order valence-electron chi connectivity index (χ2n) is 6.50. The first-order valence-electron chi connectivity index (χ1n) is 8.89. The van der Waals surface area contributed by atoms with Crippen molar-refractivity contribution >= 4 is 23.2 Å². The Bertz CT molecular complexity index is 778. The summed E-state index contributed by atoms with van der Waals surface area (Å²) in [5.74, 6) is -0.316. The van der Waals surface area contributed by atoms with E-state index in [1.165, 1.54) is 5.56 Å². The number of carbonyl (C=O) groups excluding carboxylic acids is 2. The molecule has 0 spiro atoms. The van der Waals surface area contributed by atoms with Gasteiger partial charge in [-0.05, 0) is 56.2 Å². The molecule has 0 unspecified atom stereocenters. The van der Waals surface area contributed by atoms with Gasteiger partial charge in [-0.3, -0.25) is 9.59 Å². The van der Waals surface area contributed by atoms with Crippen molar-refractivity contribution in [3.8, 4) is 0 Å². The summed E-state index contributed by atoms with van der Waals surface area (Å²) >= 11 is 0. The Kier molecular flexibility index (Phi) is 7.37. The van der Waals surface area contributed by atoms with Gasteiger partial charge in [0.1, 0.15) is 0 Å². The van der Waals surface area contributed by atoms with Crippen LogP contribution in [0.25, 0.3) is 0 Å². The van der Waals surface area contributed by atoms with Gasteiger partial charge in [0.2, 0.25) is 5.91 Å². The number of methoxy groups -OCH3 is 1. The molecule has 0 aromatic heterocycles. The second kappa shape index (κ2) is 9.73. The van der Waals surface area contributed by atoms with E-state index in [4.69, 9.17) is 4.74 Å². The van der Waals surface area contributed by atoms with Gasteiger partial charge in [0.15, 0.2) is 0 Å². The van der Waals surface area contributed by atoms with Gasteiger partial charge in [0.05, 0.1) is 13.2 Å². The fraction of sp³-hybridized carbons (Fsp3) is 0.333. The molecule has 2 rings (SSSR count). The maximum absolute atomic E-state index is 12.2. The average Bonchev–Trinajstić information content (AvgIpc) is 2.61. The third-order valence-corrected chi connectivity index (χ3v) is 4.13. The summed E-state index contributed by atoms with van der Waals surface area (Å²) in [5, 5.41) is 8.78. The minimum Gasteiger partial charge on any atom is -0.383 e. The number of aryl methyl sites for hydroxylation is 3. The third-order valence-electron chi connectivity index (χ3n) is 4.13. The number of nitrogens with one attached hydrogen (secondary N) is 3. The number of carbonyl (C=O) groups is 2. The van der Waals surface area contributed by atoms with E-state index in [1.54, 1.807) is 31.4 Å². The summed E-state index contributed by atoms with van der Waals surface area (Å²) in [6.45, 7) is 7.19. The minimum atomic E-state index is -0.170. The standard InChI is InChI=1S/C21H27N3O3/c1-14-11-15(2)20(16(3)12-14)23-13-19(25)24-18-7-5-17(6-8-18)21(26)22-9-10-27-4/h5-8,11-12,23H,9-10,13H2,1-4H3,(H,22,26)(H,24,25). The number of anilines is 2. The Balaban J connectivity index is 1.88. The van der Waals surface area contributed by atoms with Crippen molar-refractivity contribution in [1.29, 1.82) is 0 Å². The Labute approximate surface area is 160 Å². The molecule has 3 N–H and O–H groups in total. The summed E-state index contributed by atoms with van der Waals surface area (Å²) in [4.78, 5) is 24.1. The number of rotatable bonds is 8. The minimum absolute atomic E-state index is 0.147. The molecule has 6 heteroatoms. The van der Waals surface area contributed by atoms with Crippen LogP contribution in [0.3, 0.4) is 0 Å². The molecule has 6 nitrogen and oxygen atoms in total. The van der Waals surface area contributed by atoms with Crippen LogP contribution in [-0.2, 0) is 9.53 Å². The van der Waals surface area contributed by atoms with Crippen molar-refractivity contribution in [2.45, 2.75) is 20.8 Å². The first-order chi connectivity index (χ1) is 12.9. The van der Waals surface area contributed by atoms with Crippen molar-refractivity contribution in [2.75, 3.05) is 37.4 Å². The number of benzene rings is 2. The first-order valence-corrected chi connectivity index (χ1v) is 8.89. The molecule has 0 heterocycles. The normalized spacial score (nSPS) is 10.4. The fourth-order valence-electron chi connectivity index (χ4n) is 2.91. The highest BCUT2D eigenvalue weighted by molar-refractivity contribution is 5.96. The van der Waals surface area contributed by atoms with Crippen molar-refractivity contribution in [3.05, 3.63) is 58.7 Å². The molecule has 0 radical (unpaired) electrons. The van der Waals surface area contributed by atoms with E-state index in [0.717, 1.165) is 16.8 Å². The SMILES string of the molecule is COCCNC(=O)c1ccc(NC(=O)CNc2c(C)cc(C)cc2C)cc1. The summed E-state index contributed by atoms with van der Waals surface area (Å²) in [5.41, 5.74) is 5.60. The molecule has 144 valence electrons. The summed E-state index contributed by atoms with van der Waals surface area (Å²) < 4.78 is 4.90. The molecule has 0 aliphatic carbocycles. The van der Waals surface area contributed by atoms with Crippen molar-refractivity contribution in [3.63, 3.8) is 0 Å². The predicted octanol–water partition coefficient (Wildman–Crippen LogP) is 3.04. The highest BCUT2D eigenvalue weighted by Gasteiger charge is 2.08. The molecule has 0 saturated heterocycles. The van der Waals surface area contributed by atoms with E-state index >= 15 is 0 Å². The lowest BCUT2D eigenvalue weighted by Crippen LogP contribution is -2.27. The zero-order valence-corrected chi connectivity index (χ0v) is 16.3. The molecule has 2 aromatic rings. The lowest BCUT2D eigenvalue weighted by atomic mass is 10.1. The Morgan fingerprint density at radius 3 is 2.22 bits per heavy atom. The largest absolute Gasteiger partial charge is 0.383 e. The van der Waals surface area contributed by atoms with Crippen molar-refractivity contribution in [2.24, 2.45) is 0 Å². The zero-order valence-electron chi connectivity index (χ0n) is 16.3. The predicted molar refractivity (Wildman–Crippen MR) is 108 cm³/mol. The van der Waals surface area contributed by atoms with Gasteiger partial charge in [0.25, 0.3) is 5.91 Å². The van der Waals surface area contributed by atoms with E-state index in [-0.39, 0.29) is 18.4 Å². The van der Waals surface area contributed by atoms with Gasteiger partial charge >= 0.3 is 0 Å². The molecule has 27 heavy (non-hydrogen) atoms. The van der Waals surface area contributed by atoms with E-state index in [0.29, 0.717) is 24.4 Å². The van der Waals surface area contributed by atoms with E-state index in [1.807, 2.05) is 13.8 Å². The van der Waals surface area contributed by atoms with E-state index < -0.39 is 0 Å². The van der Waals surface area contributed by atoms with Gasteiger partial charge in [-0.15, -0.1) is 0 Å². The molecule has 0 atom stereocenters. The van der Waals surface area contributed by atoms with Gasteiger partial charge in [-0.1, -0.05) is 17.7 Å². The number of amides is 2. The molecule has 0 fully saturated rings. The molecule has 0 saturated carbocycles. The quantitative estimate of drug-likeness (QED) is 0.625. The Morgan fingerprint density at radius 2 is 1.63 bits per heavy atom. The van der Waals surface area contributed by atoms with Crippen LogP contribution in [0.4, 0.5) is 11.4 Å². The van der Waals surface area contributed by atoms with Gasteiger partial charge < -0.3 is 20.7 Å². The number of hydrogen-bond donors (Lipinski definition) is 3. The second-order valence-corrected chi connectivity index (χ2v) is 6.50. The summed E-state index contributed by atoms with van der Waals surface area (Å²) in [6.07, 6.45) is 0. The molecule has 0 aliphatic rings. The average molecular weight is 369 g/mol. The van der Waals surface area contributed by atoms with E-state index in [2.05, 4.69) is 35.0 Å². The molecular weight excluding hydrogens is 342 g/mol. The summed E-state index contributed by atoms with van der Waals surface area (Å²) in [6, 6.07) is 11.0. The van der Waals surface area contributed by atoms with Crippen molar-refractivity contribution in [1.82, 2.24) is 5.32 Å². The molecule has 2 amide bonds. The Hall–Kier alpha value is -2.86. The van der Waals surface area contributed by atoms with Crippen molar-refractivity contribution < 1.29 is 14.3 Å². The van der Waals surface area contributed by atoms with Crippen LogP contribution < -0.4 is 16.0 Å². The number of hydrogen-bond acceptors (Lipinski definition) is 4. The maximum Gasteiger partial charge on any atom is 0.251 e. The van der Waals surface area contributed by atoms with Crippen LogP contribution >= 0.6 is 0 Å². The topological polar surface area (TPSA) is 79.5 Å². The van der Waals surface area contributed by atoms with Crippen LogP contribution in [0.15, 0.2) is 36.4 Å². The third kappa shape index (κ3) is 6.11. The highest BCUT2D eigenvalue weighted by Crippen LogP contribution is 2.21. The van der Waals surface area contributed by atoms with Crippen LogP contribution in [0, 0.1) is 20.8 Å². The Morgan fingerprint density at radius 1 is 1.00 bits per heavy atom. The summed E-state index contributed by atoms with van der Waals surface area (Å²) in [7, 11) is 1.58. The molecule has 0 bridgehead atoms. The van der Waals surface area contributed by atoms with Crippen LogP contribution in [0.5, 0.6) is 0 Å². The van der Waals surface area contributed by atoms with Crippen LogP contribution in [-0.4, -0.2) is 38.6 Å². The van der Waals surface area contributed by atoms with Gasteiger partial charge in [0, 0.05) is 30.6 Å². The maximum atomic E-state index is 12.2. The van der Waals surface area contributed by atoms with Crippen LogP contribution in [0.2, 0.25) is 0 Å².